The fraction of sp³-hybridized carbons (Fsp3) is 0.176. The molecule has 0 aromatic heterocycles. The van der Waals surface area contributed by atoms with Crippen molar-refractivity contribution < 1.29 is 14.5 Å². The van der Waals surface area contributed by atoms with Crippen molar-refractivity contribution in [3.8, 4) is 5.75 Å². The van der Waals surface area contributed by atoms with Crippen molar-refractivity contribution in [1.82, 2.24) is 5.43 Å². The van der Waals surface area contributed by atoms with Crippen molar-refractivity contribution >= 4 is 17.8 Å². The van der Waals surface area contributed by atoms with Crippen molar-refractivity contribution in [3.05, 3.63) is 69.8 Å². The molecular weight excluding hydrogens is 310 g/mol. The summed E-state index contributed by atoms with van der Waals surface area (Å²) < 4.78 is 5.50. The Morgan fingerprint density at radius 1 is 1.25 bits per heavy atom. The zero-order chi connectivity index (χ0) is 17.5. The van der Waals surface area contributed by atoms with Crippen LogP contribution >= 0.6 is 0 Å². The summed E-state index contributed by atoms with van der Waals surface area (Å²) in [5.41, 5.74) is 3.29. The molecule has 0 fully saturated rings. The molecule has 0 aliphatic heterocycles. The predicted molar refractivity (Wildman–Crippen MR) is 90.4 cm³/mol. The summed E-state index contributed by atoms with van der Waals surface area (Å²) in [5, 5.41) is 14.5. The summed E-state index contributed by atoms with van der Waals surface area (Å²) >= 11 is 0. The number of hydrazone groups is 1. The second kappa shape index (κ2) is 7.87. The molecule has 0 aliphatic rings. The van der Waals surface area contributed by atoms with E-state index < -0.39 is 4.92 Å². The lowest BCUT2D eigenvalue weighted by Gasteiger charge is -2.09. The van der Waals surface area contributed by atoms with Crippen molar-refractivity contribution in [2.45, 2.75) is 20.0 Å². The number of carbonyl (C=O) groups is 1. The van der Waals surface area contributed by atoms with Crippen LogP contribution < -0.4 is 10.2 Å². The van der Waals surface area contributed by atoms with E-state index in [1.165, 1.54) is 18.3 Å². The maximum atomic E-state index is 12.0. The molecule has 0 heterocycles. The van der Waals surface area contributed by atoms with Gasteiger partial charge in [0.15, 0.2) is 0 Å². The number of nitrogens with one attached hydrogen (secondary N) is 1. The molecule has 1 amide bonds. The molecule has 7 nitrogen and oxygen atoms in total. The van der Waals surface area contributed by atoms with Crippen LogP contribution in [0, 0.1) is 10.1 Å². The number of nitro benzene ring substituents is 1. The van der Waals surface area contributed by atoms with Gasteiger partial charge in [-0.2, -0.15) is 5.10 Å². The smallest absolute Gasteiger partial charge is 0.271 e. The molecule has 0 radical (unpaired) electrons. The third-order valence-corrected chi connectivity index (χ3v) is 2.95. The van der Waals surface area contributed by atoms with E-state index in [1.54, 1.807) is 36.4 Å². The highest BCUT2D eigenvalue weighted by atomic mass is 16.6. The molecule has 0 atom stereocenters. The number of rotatable bonds is 6. The van der Waals surface area contributed by atoms with Crippen LogP contribution in [0.5, 0.6) is 5.75 Å². The standard InChI is InChI=1S/C17H17N3O4/c1-12(2)24-16-8-6-14(7-9-16)17(21)19-18-11-13-4-3-5-15(10-13)20(22)23/h3-12H,1-2H3,(H,19,21)/b18-11-. The molecule has 2 aromatic rings. The third-order valence-electron chi connectivity index (χ3n) is 2.95. The Bertz CT molecular complexity index is 755. The Hall–Kier alpha value is -3.22. The molecule has 7 heteroatoms. The van der Waals surface area contributed by atoms with Crippen molar-refractivity contribution in [2.75, 3.05) is 0 Å². The van der Waals surface area contributed by atoms with Crippen LogP contribution in [0.25, 0.3) is 0 Å². The van der Waals surface area contributed by atoms with Gasteiger partial charge in [0.25, 0.3) is 11.6 Å². The van der Waals surface area contributed by atoms with Gasteiger partial charge in [-0.25, -0.2) is 5.43 Å². The molecule has 2 aromatic carbocycles. The first-order valence-corrected chi connectivity index (χ1v) is 7.30. The molecular formula is C17H17N3O4. The number of hydrogen-bond donors (Lipinski definition) is 1. The predicted octanol–water partition coefficient (Wildman–Crippen LogP) is 3.15. The average Bonchev–Trinajstić information content (AvgIpc) is 2.55. The number of hydrogen-bond acceptors (Lipinski definition) is 5. The fourth-order valence-electron chi connectivity index (χ4n) is 1.91. The molecule has 1 N–H and O–H groups in total. The quantitative estimate of drug-likeness (QED) is 0.501. The molecule has 124 valence electrons. The summed E-state index contributed by atoms with van der Waals surface area (Å²) in [4.78, 5) is 22.2. The van der Waals surface area contributed by atoms with E-state index in [-0.39, 0.29) is 17.7 Å². The Morgan fingerprint density at radius 2 is 1.96 bits per heavy atom. The van der Waals surface area contributed by atoms with Gasteiger partial charge in [0.05, 0.1) is 17.2 Å². The minimum Gasteiger partial charge on any atom is -0.491 e. The summed E-state index contributed by atoms with van der Waals surface area (Å²) in [5.74, 6) is 0.300. The zero-order valence-electron chi connectivity index (χ0n) is 13.3. The number of benzene rings is 2. The van der Waals surface area contributed by atoms with E-state index in [2.05, 4.69) is 10.5 Å². The van der Waals surface area contributed by atoms with E-state index >= 15 is 0 Å². The molecule has 0 bridgehead atoms. The Morgan fingerprint density at radius 3 is 2.58 bits per heavy atom. The Labute approximate surface area is 139 Å². The molecule has 0 saturated carbocycles. The van der Waals surface area contributed by atoms with Crippen LogP contribution in [0.1, 0.15) is 29.8 Å². The van der Waals surface area contributed by atoms with Crippen molar-refractivity contribution in [2.24, 2.45) is 5.10 Å². The SMILES string of the molecule is CC(C)Oc1ccc(C(=O)N/N=C\c2cccc([N+](=O)[O-])c2)cc1. The second-order valence-electron chi connectivity index (χ2n) is 5.24. The molecule has 0 aliphatic carbocycles. The summed E-state index contributed by atoms with van der Waals surface area (Å²) in [6, 6.07) is 12.6. The zero-order valence-corrected chi connectivity index (χ0v) is 13.3. The van der Waals surface area contributed by atoms with Crippen LogP contribution in [0.15, 0.2) is 53.6 Å². The highest BCUT2D eigenvalue weighted by Crippen LogP contribution is 2.14. The van der Waals surface area contributed by atoms with E-state index in [1.807, 2.05) is 13.8 Å². The highest BCUT2D eigenvalue weighted by Gasteiger charge is 2.06. The largest absolute Gasteiger partial charge is 0.491 e. The fourth-order valence-corrected chi connectivity index (χ4v) is 1.91. The topological polar surface area (TPSA) is 93.8 Å². The van der Waals surface area contributed by atoms with E-state index in [0.29, 0.717) is 16.9 Å². The van der Waals surface area contributed by atoms with Crippen LogP contribution in [0.2, 0.25) is 0 Å². The van der Waals surface area contributed by atoms with Gasteiger partial charge in [-0.3, -0.25) is 14.9 Å². The lowest BCUT2D eigenvalue weighted by molar-refractivity contribution is -0.384. The van der Waals surface area contributed by atoms with Crippen LogP contribution in [-0.4, -0.2) is 23.1 Å². The lowest BCUT2D eigenvalue weighted by Crippen LogP contribution is -2.17. The minimum absolute atomic E-state index is 0.0361. The number of amides is 1. The summed E-state index contributed by atoms with van der Waals surface area (Å²) in [6.45, 7) is 3.84. The maximum absolute atomic E-state index is 12.0. The van der Waals surface area contributed by atoms with Crippen molar-refractivity contribution in [1.29, 1.82) is 0 Å². The summed E-state index contributed by atoms with van der Waals surface area (Å²) in [7, 11) is 0. The molecule has 0 spiro atoms. The molecule has 0 unspecified atom stereocenters. The lowest BCUT2D eigenvalue weighted by atomic mass is 10.2. The summed E-state index contributed by atoms with van der Waals surface area (Å²) in [6.07, 6.45) is 1.41. The van der Waals surface area contributed by atoms with Gasteiger partial charge in [0.2, 0.25) is 0 Å². The van der Waals surface area contributed by atoms with Gasteiger partial charge in [-0.15, -0.1) is 0 Å². The van der Waals surface area contributed by atoms with Crippen LogP contribution in [0.4, 0.5) is 5.69 Å². The monoisotopic (exact) mass is 327 g/mol. The number of nitro groups is 1. The third kappa shape index (κ3) is 4.91. The normalized spacial score (nSPS) is 10.8. The van der Waals surface area contributed by atoms with Gasteiger partial charge < -0.3 is 4.74 Å². The molecule has 0 saturated heterocycles. The highest BCUT2D eigenvalue weighted by molar-refractivity contribution is 5.95. The van der Waals surface area contributed by atoms with Crippen LogP contribution in [-0.2, 0) is 0 Å². The van der Waals surface area contributed by atoms with E-state index in [4.69, 9.17) is 4.74 Å². The number of non-ortho nitro benzene ring substituents is 1. The van der Waals surface area contributed by atoms with Gasteiger partial charge in [-0.05, 0) is 38.1 Å². The Kier molecular flexibility index (Phi) is 5.62. The van der Waals surface area contributed by atoms with Crippen molar-refractivity contribution in [3.63, 3.8) is 0 Å². The van der Waals surface area contributed by atoms with Gasteiger partial charge >= 0.3 is 0 Å². The molecule has 24 heavy (non-hydrogen) atoms. The number of ether oxygens (including phenoxy) is 1. The average molecular weight is 327 g/mol. The van der Waals surface area contributed by atoms with E-state index in [9.17, 15) is 14.9 Å². The maximum Gasteiger partial charge on any atom is 0.271 e. The Balaban J connectivity index is 1.97. The molecule has 2 rings (SSSR count). The number of nitrogens with zero attached hydrogens (tertiary/aromatic N) is 2. The first-order valence-electron chi connectivity index (χ1n) is 7.30. The first kappa shape index (κ1) is 17.1. The van der Waals surface area contributed by atoms with Crippen LogP contribution in [0.3, 0.4) is 0 Å². The number of carbonyl (C=O) groups excluding carboxylic acids is 1. The first-order chi connectivity index (χ1) is 11.5. The minimum atomic E-state index is -0.489. The second-order valence-corrected chi connectivity index (χ2v) is 5.24. The van der Waals surface area contributed by atoms with Gasteiger partial charge in [0.1, 0.15) is 5.75 Å². The van der Waals surface area contributed by atoms with E-state index in [0.717, 1.165) is 0 Å². The van der Waals surface area contributed by atoms with Gasteiger partial charge in [0, 0.05) is 23.3 Å². The van der Waals surface area contributed by atoms with Gasteiger partial charge in [-0.1, -0.05) is 12.1 Å².